The molecule has 0 aliphatic carbocycles. The maximum Gasteiger partial charge on any atom is 0.263 e. The Morgan fingerprint density at radius 1 is 1.00 bits per heavy atom. The highest BCUT2D eigenvalue weighted by molar-refractivity contribution is 5.80. The molecule has 1 atom stereocenters. The highest BCUT2D eigenvalue weighted by Gasteiger charge is 2.21. The average Bonchev–Trinajstić information content (AvgIpc) is 2.61. The number of hydrogen-bond donors (Lipinski definition) is 0. The zero-order chi connectivity index (χ0) is 18.4. The number of nitrogens with zero attached hydrogens (tertiary/aromatic N) is 1. The van der Waals surface area contributed by atoms with E-state index in [1.807, 2.05) is 48.5 Å². The van der Waals surface area contributed by atoms with Crippen LogP contribution in [0, 0.1) is 0 Å². The monoisotopic (exact) mass is 341 g/mol. The summed E-state index contributed by atoms with van der Waals surface area (Å²) in [5, 5.41) is 0. The minimum Gasteiger partial charge on any atom is -0.496 e. The van der Waals surface area contributed by atoms with E-state index < -0.39 is 6.10 Å². The predicted molar refractivity (Wildman–Crippen MR) is 100 cm³/mol. The van der Waals surface area contributed by atoms with Gasteiger partial charge in [-0.05, 0) is 30.5 Å². The molecule has 0 fully saturated rings. The van der Waals surface area contributed by atoms with Gasteiger partial charge in [0.25, 0.3) is 5.91 Å². The Balaban J connectivity index is 2.07. The number of benzene rings is 2. The van der Waals surface area contributed by atoms with E-state index in [4.69, 9.17) is 9.47 Å². The second kappa shape index (κ2) is 8.56. The van der Waals surface area contributed by atoms with Crippen molar-refractivity contribution < 1.29 is 14.3 Å². The van der Waals surface area contributed by atoms with Crippen LogP contribution in [0.3, 0.4) is 0 Å². The number of para-hydroxylation sites is 2. The first-order valence-corrected chi connectivity index (χ1v) is 8.56. The Kier molecular flexibility index (Phi) is 6.45. The average molecular weight is 341 g/mol. The van der Waals surface area contributed by atoms with Crippen LogP contribution in [0.2, 0.25) is 0 Å². The van der Waals surface area contributed by atoms with Gasteiger partial charge in [0.1, 0.15) is 11.5 Å². The van der Waals surface area contributed by atoms with Crippen LogP contribution in [-0.4, -0.2) is 31.1 Å². The SMILES string of the molecule is COc1ccccc1CN(C)C(=O)[C@H](C)Oc1ccccc1C(C)C. The normalized spacial score (nSPS) is 11.9. The van der Waals surface area contributed by atoms with Gasteiger partial charge in [-0.25, -0.2) is 0 Å². The van der Waals surface area contributed by atoms with Crippen molar-refractivity contribution in [3.05, 3.63) is 59.7 Å². The lowest BCUT2D eigenvalue weighted by Gasteiger charge is -2.24. The molecule has 2 aromatic rings. The van der Waals surface area contributed by atoms with E-state index in [0.29, 0.717) is 12.5 Å². The lowest BCUT2D eigenvalue weighted by atomic mass is 10.0. The van der Waals surface area contributed by atoms with Crippen molar-refractivity contribution in [2.24, 2.45) is 0 Å². The first-order chi connectivity index (χ1) is 11.9. The van der Waals surface area contributed by atoms with Gasteiger partial charge in [0.15, 0.2) is 6.10 Å². The van der Waals surface area contributed by atoms with Crippen molar-refractivity contribution in [3.8, 4) is 11.5 Å². The molecular weight excluding hydrogens is 314 g/mol. The van der Waals surface area contributed by atoms with Gasteiger partial charge in [-0.2, -0.15) is 0 Å². The lowest BCUT2D eigenvalue weighted by molar-refractivity contribution is -0.137. The molecule has 0 aliphatic heterocycles. The van der Waals surface area contributed by atoms with E-state index in [2.05, 4.69) is 13.8 Å². The Bertz CT molecular complexity index is 712. The molecular formula is C21H27NO3. The zero-order valence-electron chi connectivity index (χ0n) is 15.7. The topological polar surface area (TPSA) is 38.8 Å². The Morgan fingerprint density at radius 3 is 2.24 bits per heavy atom. The molecule has 0 heterocycles. The smallest absolute Gasteiger partial charge is 0.263 e. The van der Waals surface area contributed by atoms with Crippen LogP contribution < -0.4 is 9.47 Å². The standard InChI is InChI=1S/C21H27NO3/c1-15(2)18-11-7-9-13-20(18)25-16(3)21(23)22(4)14-17-10-6-8-12-19(17)24-5/h6-13,15-16H,14H2,1-5H3/t16-/m0/s1. The molecule has 0 spiro atoms. The molecule has 134 valence electrons. The summed E-state index contributed by atoms with van der Waals surface area (Å²) in [6.07, 6.45) is -0.556. The number of carbonyl (C=O) groups excluding carboxylic acids is 1. The summed E-state index contributed by atoms with van der Waals surface area (Å²) in [6, 6.07) is 15.6. The third kappa shape index (κ3) is 4.75. The maximum absolute atomic E-state index is 12.7. The summed E-state index contributed by atoms with van der Waals surface area (Å²) >= 11 is 0. The van der Waals surface area contributed by atoms with Crippen LogP contribution >= 0.6 is 0 Å². The van der Waals surface area contributed by atoms with Gasteiger partial charge in [0.2, 0.25) is 0 Å². The van der Waals surface area contributed by atoms with Crippen LogP contribution in [0.15, 0.2) is 48.5 Å². The van der Waals surface area contributed by atoms with E-state index in [1.165, 1.54) is 0 Å². The number of rotatable bonds is 7. The van der Waals surface area contributed by atoms with Crippen molar-refractivity contribution in [3.63, 3.8) is 0 Å². The third-order valence-corrected chi connectivity index (χ3v) is 4.17. The number of amides is 1. The summed E-state index contributed by atoms with van der Waals surface area (Å²) in [7, 11) is 3.41. The fourth-order valence-corrected chi connectivity index (χ4v) is 2.78. The minimum atomic E-state index is -0.556. The van der Waals surface area contributed by atoms with Crippen molar-refractivity contribution >= 4 is 5.91 Å². The van der Waals surface area contributed by atoms with Crippen molar-refractivity contribution in [1.29, 1.82) is 0 Å². The Hall–Kier alpha value is -2.49. The molecule has 0 saturated carbocycles. The first-order valence-electron chi connectivity index (χ1n) is 8.56. The van der Waals surface area contributed by atoms with Crippen LogP contribution in [0.4, 0.5) is 0 Å². The van der Waals surface area contributed by atoms with Crippen molar-refractivity contribution in [2.45, 2.75) is 39.3 Å². The molecule has 0 bridgehead atoms. The molecule has 25 heavy (non-hydrogen) atoms. The summed E-state index contributed by atoms with van der Waals surface area (Å²) in [4.78, 5) is 14.4. The number of hydrogen-bond acceptors (Lipinski definition) is 3. The summed E-state index contributed by atoms with van der Waals surface area (Å²) < 4.78 is 11.3. The van der Waals surface area contributed by atoms with Gasteiger partial charge in [-0.1, -0.05) is 50.2 Å². The van der Waals surface area contributed by atoms with Crippen molar-refractivity contribution in [1.82, 2.24) is 4.90 Å². The fraction of sp³-hybridized carbons (Fsp3) is 0.381. The van der Waals surface area contributed by atoms with Gasteiger partial charge in [0.05, 0.1) is 7.11 Å². The van der Waals surface area contributed by atoms with Gasteiger partial charge in [-0.3, -0.25) is 4.79 Å². The number of ether oxygens (including phenoxy) is 2. The van der Waals surface area contributed by atoms with E-state index in [0.717, 1.165) is 22.6 Å². The highest BCUT2D eigenvalue weighted by Crippen LogP contribution is 2.27. The van der Waals surface area contributed by atoms with Crippen molar-refractivity contribution in [2.75, 3.05) is 14.2 Å². The van der Waals surface area contributed by atoms with Gasteiger partial charge < -0.3 is 14.4 Å². The molecule has 0 aromatic heterocycles. The number of methoxy groups -OCH3 is 1. The largest absolute Gasteiger partial charge is 0.496 e. The lowest BCUT2D eigenvalue weighted by Crippen LogP contribution is -2.37. The minimum absolute atomic E-state index is 0.0653. The first kappa shape index (κ1) is 18.8. The summed E-state index contributed by atoms with van der Waals surface area (Å²) in [5.74, 6) is 1.82. The van der Waals surface area contributed by atoms with E-state index in [1.54, 1.807) is 26.0 Å². The summed E-state index contributed by atoms with van der Waals surface area (Å²) in [5.41, 5.74) is 2.07. The van der Waals surface area contributed by atoms with E-state index >= 15 is 0 Å². The van der Waals surface area contributed by atoms with Gasteiger partial charge in [-0.15, -0.1) is 0 Å². The zero-order valence-corrected chi connectivity index (χ0v) is 15.7. The number of likely N-dealkylation sites (N-methyl/N-ethyl adjacent to an activating group) is 1. The summed E-state index contributed by atoms with van der Waals surface area (Å²) in [6.45, 7) is 6.49. The van der Waals surface area contributed by atoms with Crippen LogP contribution in [0.1, 0.15) is 37.8 Å². The molecule has 4 nitrogen and oxygen atoms in total. The van der Waals surface area contributed by atoms with Gasteiger partial charge >= 0.3 is 0 Å². The molecule has 0 aliphatic rings. The molecule has 1 amide bonds. The molecule has 0 unspecified atom stereocenters. The maximum atomic E-state index is 12.7. The second-order valence-electron chi connectivity index (χ2n) is 6.46. The van der Waals surface area contributed by atoms with Crippen LogP contribution in [-0.2, 0) is 11.3 Å². The highest BCUT2D eigenvalue weighted by atomic mass is 16.5. The molecule has 2 aromatic carbocycles. The Labute approximate surface area is 150 Å². The number of carbonyl (C=O) groups is 1. The molecule has 4 heteroatoms. The quantitative estimate of drug-likeness (QED) is 0.756. The Morgan fingerprint density at radius 2 is 1.60 bits per heavy atom. The molecule has 2 rings (SSSR count). The van der Waals surface area contributed by atoms with Gasteiger partial charge in [0, 0.05) is 19.2 Å². The van der Waals surface area contributed by atoms with E-state index in [-0.39, 0.29) is 5.91 Å². The fourth-order valence-electron chi connectivity index (χ4n) is 2.78. The molecule has 0 saturated heterocycles. The molecule has 0 N–H and O–H groups in total. The van der Waals surface area contributed by atoms with Crippen LogP contribution in [0.25, 0.3) is 0 Å². The third-order valence-electron chi connectivity index (χ3n) is 4.17. The second-order valence-corrected chi connectivity index (χ2v) is 6.46. The predicted octanol–water partition coefficient (Wildman–Crippen LogP) is 4.24. The van der Waals surface area contributed by atoms with E-state index in [9.17, 15) is 4.79 Å². The molecule has 0 radical (unpaired) electrons. The van der Waals surface area contributed by atoms with Crippen LogP contribution in [0.5, 0.6) is 11.5 Å².